The fourth-order valence-electron chi connectivity index (χ4n) is 3.83. The Bertz CT molecular complexity index is 689. The van der Waals surface area contributed by atoms with Gasteiger partial charge in [-0.25, -0.2) is 0 Å². The monoisotopic (exact) mass is 344 g/mol. The molecule has 8 heteroatoms. The first-order valence-electron chi connectivity index (χ1n) is 7.82. The average Bonchev–Trinajstić information content (AvgIpc) is 2.74. The number of hydrogen-bond acceptors (Lipinski definition) is 6. The molecule has 2 heterocycles. The third-order valence-electron chi connectivity index (χ3n) is 5.14. The Morgan fingerprint density at radius 2 is 1.96 bits per heavy atom. The van der Waals surface area contributed by atoms with E-state index < -0.39 is 29.6 Å². The van der Waals surface area contributed by atoms with Crippen molar-refractivity contribution in [2.45, 2.75) is 63.1 Å². The van der Waals surface area contributed by atoms with Crippen LogP contribution in [-0.4, -0.2) is 48.8 Å². The highest BCUT2D eigenvalue weighted by Gasteiger charge is 2.71. The SMILES string of the molecule is CC[C@@]1(O)[C@@](O)(CC)[C@@H](CO)O[C@@]1(CC)n1ccc(=O)[nH]c1=S. The Hall–Kier alpha value is -1.06. The van der Waals surface area contributed by atoms with Crippen molar-refractivity contribution in [3.63, 3.8) is 0 Å². The number of ether oxygens (including phenoxy) is 1. The van der Waals surface area contributed by atoms with Crippen molar-refractivity contribution in [2.75, 3.05) is 6.61 Å². The van der Waals surface area contributed by atoms with Crippen LogP contribution in [0.2, 0.25) is 0 Å². The summed E-state index contributed by atoms with van der Waals surface area (Å²) in [7, 11) is 0. The lowest BCUT2D eigenvalue weighted by atomic mass is 9.71. The van der Waals surface area contributed by atoms with Crippen molar-refractivity contribution in [3.8, 4) is 0 Å². The molecule has 0 aliphatic carbocycles. The van der Waals surface area contributed by atoms with Gasteiger partial charge in [0.25, 0.3) is 5.56 Å². The molecule has 1 aromatic rings. The van der Waals surface area contributed by atoms with Gasteiger partial charge < -0.3 is 20.1 Å². The molecule has 1 aromatic heterocycles. The van der Waals surface area contributed by atoms with E-state index in [4.69, 9.17) is 17.0 Å². The summed E-state index contributed by atoms with van der Waals surface area (Å²) in [6.45, 7) is 4.82. The molecule has 0 radical (unpaired) electrons. The lowest BCUT2D eigenvalue weighted by molar-refractivity contribution is -0.214. The van der Waals surface area contributed by atoms with Gasteiger partial charge in [-0.2, -0.15) is 0 Å². The molecule has 0 aromatic carbocycles. The van der Waals surface area contributed by atoms with Crippen molar-refractivity contribution < 1.29 is 20.1 Å². The number of aliphatic hydroxyl groups excluding tert-OH is 1. The van der Waals surface area contributed by atoms with Crippen molar-refractivity contribution >= 4 is 12.2 Å². The van der Waals surface area contributed by atoms with Crippen molar-refractivity contribution in [3.05, 3.63) is 27.4 Å². The summed E-state index contributed by atoms with van der Waals surface area (Å²) in [6.07, 6.45) is 1.15. The van der Waals surface area contributed by atoms with Crippen LogP contribution in [0.1, 0.15) is 40.0 Å². The summed E-state index contributed by atoms with van der Waals surface area (Å²) in [5.41, 5.74) is -5.08. The Labute approximate surface area is 139 Å². The first-order valence-corrected chi connectivity index (χ1v) is 8.23. The maximum atomic E-state index is 11.5. The standard InChI is InChI=1S/C15H24N2O5S/c1-4-13(20)10(9-18)22-15(6-3,14(13,21)5-2)17-8-7-11(19)16-12(17)23/h7-8,10,18,20-21H,4-6,9H2,1-3H3,(H,16,19,23)/t10-,13-,14-,15-/m1/s1. The zero-order chi connectivity index (χ0) is 17.5. The van der Waals surface area contributed by atoms with Crippen LogP contribution in [0.3, 0.4) is 0 Å². The molecule has 4 N–H and O–H groups in total. The molecule has 1 saturated heterocycles. The van der Waals surface area contributed by atoms with Gasteiger partial charge in [-0.15, -0.1) is 0 Å². The highest BCUT2D eigenvalue weighted by molar-refractivity contribution is 7.71. The van der Waals surface area contributed by atoms with Gasteiger partial charge in [-0.3, -0.25) is 14.3 Å². The second kappa shape index (κ2) is 6.10. The molecule has 1 fully saturated rings. The van der Waals surface area contributed by atoms with Gasteiger partial charge >= 0.3 is 0 Å². The number of rotatable bonds is 5. The smallest absolute Gasteiger partial charge is 0.251 e. The molecule has 1 aliphatic rings. The highest BCUT2D eigenvalue weighted by Crippen LogP contribution is 2.54. The molecule has 0 bridgehead atoms. The molecule has 4 atom stereocenters. The minimum absolute atomic E-state index is 0.0864. The summed E-state index contributed by atoms with van der Waals surface area (Å²) >= 11 is 5.22. The van der Waals surface area contributed by atoms with E-state index in [-0.39, 0.29) is 29.6 Å². The third kappa shape index (κ3) is 2.24. The van der Waals surface area contributed by atoms with E-state index in [1.807, 2.05) is 0 Å². The maximum Gasteiger partial charge on any atom is 0.251 e. The molecule has 7 nitrogen and oxygen atoms in total. The van der Waals surface area contributed by atoms with Crippen LogP contribution in [0.4, 0.5) is 0 Å². The zero-order valence-corrected chi connectivity index (χ0v) is 14.4. The van der Waals surface area contributed by atoms with E-state index in [1.54, 1.807) is 20.8 Å². The Morgan fingerprint density at radius 3 is 2.39 bits per heavy atom. The lowest BCUT2D eigenvalue weighted by Crippen LogP contribution is -2.64. The molecule has 0 amide bonds. The molecular weight excluding hydrogens is 320 g/mol. The zero-order valence-electron chi connectivity index (χ0n) is 13.6. The van der Waals surface area contributed by atoms with Gasteiger partial charge in [0.2, 0.25) is 0 Å². The normalized spacial score (nSPS) is 37.2. The van der Waals surface area contributed by atoms with Crippen LogP contribution in [0.5, 0.6) is 0 Å². The van der Waals surface area contributed by atoms with E-state index in [1.165, 1.54) is 16.8 Å². The molecule has 0 saturated carbocycles. The fourth-order valence-corrected chi connectivity index (χ4v) is 4.14. The molecule has 1 aliphatic heterocycles. The second-order valence-electron chi connectivity index (χ2n) is 5.90. The quantitative estimate of drug-likeness (QED) is 0.584. The lowest BCUT2D eigenvalue weighted by Gasteiger charge is -2.46. The fraction of sp³-hybridized carbons (Fsp3) is 0.733. The second-order valence-corrected chi connectivity index (χ2v) is 6.29. The number of nitrogens with zero attached hydrogens (tertiary/aromatic N) is 1. The number of aromatic nitrogens is 2. The van der Waals surface area contributed by atoms with E-state index in [2.05, 4.69) is 4.98 Å². The minimum atomic E-state index is -1.69. The maximum absolute atomic E-state index is 11.5. The van der Waals surface area contributed by atoms with Crippen LogP contribution in [0.25, 0.3) is 0 Å². The van der Waals surface area contributed by atoms with E-state index in [0.717, 1.165) is 0 Å². The van der Waals surface area contributed by atoms with Crippen LogP contribution >= 0.6 is 12.2 Å². The highest BCUT2D eigenvalue weighted by atomic mass is 32.1. The number of hydrogen-bond donors (Lipinski definition) is 4. The largest absolute Gasteiger partial charge is 0.394 e. The summed E-state index contributed by atoms with van der Waals surface area (Å²) in [5, 5.41) is 32.2. The number of H-pyrrole nitrogens is 1. The Morgan fingerprint density at radius 1 is 1.30 bits per heavy atom. The Kier molecular flexibility index (Phi) is 4.85. The molecular formula is C15H24N2O5S. The molecule has 130 valence electrons. The van der Waals surface area contributed by atoms with Crippen molar-refractivity contribution in [1.29, 1.82) is 0 Å². The molecule has 23 heavy (non-hydrogen) atoms. The molecule has 0 spiro atoms. The van der Waals surface area contributed by atoms with Gasteiger partial charge in [0.1, 0.15) is 17.3 Å². The van der Waals surface area contributed by atoms with Crippen LogP contribution in [0, 0.1) is 4.77 Å². The van der Waals surface area contributed by atoms with Crippen molar-refractivity contribution in [1.82, 2.24) is 9.55 Å². The average molecular weight is 344 g/mol. The first-order chi connectivity index (χ1) is 10.8. The number of aromatic amines is 1. The van der Waals surface area contributed by atoms with E-state index >= 15 is 0 Å². The molecule has 0 unspecified atom stereocenters. The third-order valence-corrected chi connectivity index (χ3v) is 5.44. The van der Waals surface area contributed by atoms with Crippen LogP contribution < -0.4 is 5.56 Å². The van der Waals surface area contributed by atoms with Gasteiger partial charge in [-0.1, -0.05) is 20.8 Å². The number of nitrogens with one attached hydrogen (secondary N) is 1. The minimum Gasteiger partial charge on any atom is -0.394 e. The van der Waals surface area contributed by atoms with Gasteiger partial charge in [0.15, 0.2) is 10.5 Å². The van der Waals surface area contributed by atoms with Gasteiger partial charge in [-0.05, 0) is 31.5 Å². The van der Waals surface area contributed by atoms with Crippen LogP contribution in [0.15, 0.2) is 17.1 Å². The van der Waals surface area contributed by atoms with Crippen molar-refractivity contribution in [2.24, 2.45) is 0 Å². The van der Waals surface area contributed by atoms with Crippen LogP contribution in [-0.2, 0) is 10.5 Å². The predicted molar refractivity (Wildman–Crippen MR) is 86.6 cm³/mol. The molecule has 2 rings (SSSR count). The van der Waals surface area contributed by atoms with Gasteiger partial charge in [0, 0.05) is 12.3 Å². The topological polar surface area (TPSA) is 108 Å². The van der Waals surface area contributed by atoms with E-state index in [9.17, 15) is 20.1 Å². The van der Waals surface area contributed by atoms with E-state index in [0.29, 0.717) is 0 Å². The number of aliphatic hydroxyl groups is 3. The predicted octanol–water partition coefficient (Wildman–Crippen LogP) is 0.642. The summed E-state index contributed by atoms with van der Waals surface area (Å²) < 4.78 is 7.54. The summed E-state index contributed by atoms with van der Waals surface area (Å²) in [6, 6.07) is 1.28. The summed E-state index contributed by atoms with van der Waals surface area (Å²) in [5.74, 6) is 0. The summed E-state index contributed by atoms with van der Waals surface area (Å²) in [4.78, 5) is 14.0. The first kappa shape index (κ1) is 18.3. The van der Waals surface area contributed by atoms with Gasteiger partial charge in [0.05, 0.1) is 6.61 Å². The Balaban J connectivity index is 2.79.